The Kier molecular flexibility index (Phi) is 6.56. The maximum absolute atomic E-state index is 12.2. The molecule has 1 heterocycles. The second-order valence-electron chi connectivity index (χ2n) is 6.49. The summed E-state index contributed by atoms with van der Waals surface area (Å²) in [7, 11) is 0. The third kappa shape index (κ3) is 5.61. The second-order valence-corrected chi connectivity index (χ2v) is 7.61. The highest BCUT2D eigenvalue weighted by Gasteiger charge is 2.18. The number of nitrogens with zero attached hydrogens (tertiary/aromatic N) is 1. The molecule has 1 unspecified atom stereocenters. The van der Waals surface area contributed by atoms with E-state index in [1.54, 1.807) is 23.5 Å². The molecule has 2 aromatic carbocycles. The van der Waals surface area contributed by atoms with Crippen molar-refractivity contribution >= 4 is 45.0 Å². The van der Waals surface area contributed by atoms with Crippen molar-refractivity contribution in [3.8, 4) is 0 Å². The number of primary amides is 1. The zero-order chi connectivity index (χ0) is 20.8. The highest BCUT2D eigenvalue weighted by Crippen LogP contribution is 2.22. The van der Waals surface area contributed by atoms with Crippen molar-refractivity contribution in [3.05, 3.63) is 59.1 Å². The Morgan fingerprint density at radius 3 is 2.55 bits per heavy atom. The van der Waals surface area contributed by atoms with Crippen LogP contribution in [0.3, 0.4) is 0 Å². The lowest BCUT2D eigenvalue weighted by Crippen LogP contribution is -2.30. The van der Waals surface area contributed by atoms with Gasteiger partial charge < -0.3 is 15.8 Å². The number of amides is 2. The molecule has 0 saturated heterocycles. The number of anilines is 1. The van der Waals surface area contributed by atoms with Crippen LogP contribution >= 0.6 is 11.3 Å². The molecule has 0 aliphatic carbocycles. The molecule has 1 aromatic heterocycles. The number of nitrogens with two attached hydrogens (primary N) is 1. The lowest BCUT2D eigenvalue weighted by molar-refractivity contribution is -0.153. The Morgan fingerprint density at radius 1 is 1.14 bits per heavy atom. The molecule has 0 bridgehead atoms. The van der Waals surface area contributed by atoms with E-state index in [0.717, 1.165) is 15.2 Å². The fraction of sp³-hybridized carbons (Fsp3) is 0.238. The lowest BCUT2D eigenvalue weighted by Gasteiger charge is -2.13. The number of nitrogens with one attached hydrogen (secondary N) is 1. The normalized spacial score (nSPS) is 11.8. The van der Waals surface area contributed by atoms with Crippen LogP contribution in [0.25, 0.3) is 10.2 Å². The number of hydrogen-bond acceptors (Lipinski definition) is 6. The summed E-state index contributed by atoms with van der Waals surface area (Å²) in [4.78, 5) is 39.8. The first-order valence-electron chi connectivity index (χ1n) is 9.17. The summed E-state index contributed by atoms with van der Waals surface area (Å²) < 4.78 is 6.33. The molecule has 0 fully saturated rings. The van der Waals surface area contributed by atoms with E-state index >= 15 is 0 Å². The van der Waals surface area contributed by atoms with E-state index in [4.69, 9.17) is 10.5 Å². The van der Waals surface area contributed by atoms with Gasteiger partial charge in [0, 0.05) is 17.7 Å². The highest BCUT2D eigenvalue weighted by atomic mass is 32.1. The van der Waals surface area contributed by atoms with Gasteiger partial charge in [-0.3, -0.25) is 14.4 Å². The molecule has 0 radical (unpaired) electrons. The molecule has 3 N–H and O–H groups in total. The first-order chi connectivity index (χ1) is 13.9. The first-order valence-corrected chi connectivity index (χ1v) is 9.98. The van der Waals surface area contributed by atoms with E-state index in [9.17, 15) is 14.4 Å². The first kappa shape index (κ1) is 20.5. The monoisotopic (exact) mass is 411 g/mol. The molecule has 0 aliphatic heterocycles. The zero-order valence-corrected chi connectivity index (χ0v) is 16.7. The summed E-state index contributed by atoms with van der Waals surface area (Å²) in [6, 6.07) is 14.0. The summed E-state index contributed by atoms with van der Waals surface area (Å²) in [5, 5.41) is 3.61. The van der Waals surface area contributed by atoms with Gasteiger partial charge in [-0.25, -0.2) is 4.98 Å². The number of para-hydroxylation sites is 1. The quantitative estimate of drug-likeness (QED) is 0.553. The molecule has 2 amide bonds. The Balaban J connectivity index is 1.43. The van der Waals surface area contributed by atoms with Crippen LogP contribution in [0.2, 0.25) is 0 Å². The van der Waals surface area contributed by atoms with Crippen LogP contribution in [-0.2, 0) is 20.7 Å². The molecule has 29 heavy (non-hydrogen) atoms. The number of hydrogen-bond donors (Lipinski definition) is 2. The maximum atomic E-state index is 12.2. The number of rotatable bonds is 8. The Morgan fingerprint density at radius 2 is 1.86 bits per heavy atom. The minimum Gasteiger partial charge on any atom is -0.453 e. The number of fused-ring (bicyclic) bond motifs is 1. The van der Waals surface area contributed by atoms with E-state index < -0.39 is 23.9 Å². The number of carbonyl (C=O) groups excluding carboxylic acids is 3. The number of aromatic nitrogens is 1. The van der Waals surface area contributed by atoms with Gasteiger partial charge in [-0.15, -0.1) is 11.3 Å². The van der Waals surface area contributed by atoms with Crippen molar-refractivity contribution < 1.29 is 19.1 Å². The Labute approximate surface area is 171 Å². The van der Waals surface area contributed by atoms with Crippen molar-refractivity contribution in [2.75, 3.05) is 5.32 Å². The topological polar surface area (TPSA) is 111 Å². The molecule has 0 saturated carbocycles. The summed E-state index contributed by atoms with van der Waals surface area (Å²) in [5.74, 6) is -1.43. The summed E-state index contributed by atoms with van der Waals surface area (Å²) >= 11 is 1.62. The van der Waals surface area contributed by atoms with E-state index in [-0.39, 0.29) is 6.42 Å². The SMILES string of the molecule is CC(OC(=O)CCCc1nc2ccccc2s1)C(=O)Nc1ccc(C(N)=O)cc1. The maximum Gasteiger partial charge on any atom is 0.306 e. The van der Waals surface area contributed by atoms with E-state index in [1.165, 1.54) is 19.1 Å². The fourth-order valence-electron chi connectivity index (χ4n) is 2.68. The third-order valence-electron chi connectivity index (χ3n) is 4.22. The van der Waals surface area contributed by atoms with Crippen LogP contribution in [0, 0.1) is 0 Å². The number of thiazole rings is 1. The van der Waals surface area contributed by atoms with Gasteiger partial charge in [0.15, 0.2) is 6.10 Å². The van der Waals surface area contributed by atoms with Crippen molar-refractivity contribution in [2.24, 2.45) is 5.73 Å². The molecular formula is C21H21N3O4S. The lowest BCUT2D eigenvalue weighted by atomic mass is 10.2. The van der Waals surface area contributed by atoms with Gasteiger partial charge in [-0.05, 0) is 56.2 Å². The number of benzene rings is 2. The van der Waals surface area contributed by atoms with Crippen molar-refractivity contribution in [3.63, 3.8) is 0 Å². The van der Waals surface area contributed by atoms with E-state index in [1.807, 2.05) is 24.3 Å². The fourth-order valence-corrected chi connectivity index (χ4v) is 3.69. The molecule has 7 nitrogen and oxygen atoms in total. The molecule has 3 rings (SSSR count). The molecule has 8 heteroatoms. The molecule has 150 valence electrons. The summed E-state index contributed by atoms with van der Waals surface area (Å²) in [6.45, 7) is 1.51. The van der Waals surface area contributed by atoms with E-state index in [0.29, 0.717) is 24.1 Å². The van der Waals surface area contributed by atoms with Gasteiger partial charge in [0.1, 0.15) is 0 Å². The van der Waals surface area contributed by atoms with Crippen molar-refractivity contribution in [2.45, 2.75) is 32.3 Å². The van der Waals surface area contributed by atoms with E-state index in [2.05, 4.69) is 10.3 Å². The average Bonchev–Trinajstić information content (AvgIpc) is 3.11. The Bertz CT molecular complexity index is 997. The summed E-state index contributed by atoms with van der Waals surface area (Å²) in [5.41, 5.74) is 6.97. The van der Waals surface area contributed by atoms with Crippen LogP contribution in [0.1, 0.15) is 35.1 Å². The van der Waals surface area contributed by atoms with Gasteiger partial charge in [0.05, 0.1) is 15.2 Å². The molecule has 0 spiro atoms. The van der Waals surface area contributed by atoms with Gasteiger partial charge in [-0.2, -0.15) is 0 Å². The molecule has 1 atom stereocenters. The molecular weight excluding hydrogens is 390 g/mol. The van der Waals surface area contributed by atoms with Crippen LogP contribution < -0.4 is 11.1 Å². The number of aryl methyl sites for hydroxylation is 1. The van der Waals surface area contributed by atoms with Crippen molar-refractivity contribution in [1.82, 2.24) is 4.98 Å². The zero-order valence-electron chi connectivity index (χ0n) is 15.9. The van der Waals surface area contributed by atoms with Gasteiger partial charge in [-0.1, -0.05) is 12.1 Å². The molecule has 0 aliphatic rings. The predicted octanol–water partition coefficient (Wildman–Crippen LogP) is 3.29. The predicted molar refractivity (Wildman–Crippen MR) is 112 cm³/mol. The minimum absolute atomic E-state index is 0.209. The number of carbonyl (C=O) groups is 3. The minimum atomic E-state index is -0.930. The van der Waals surface area contributed by atoms with Gasteiger partial charge in [0.2, 0.25) is 5.91 Å². The molecule has 3 aromatic rings. The largest absolute Gasteiger partial charge is 0.453 e. The standard InChI is InChI=1S/C21H21N3O4S/c1-13(21(27)23-15-11-9-14(10-12-15)20(22)26)28-19(25)8-4-7-18-24-16-5-2-3-6-17(16)29-18/h2-3,5-6,9-13H,4,7-8H2,1H3,(H2,22,26)(H,23,27). The number of ether oxygens (including phenoxy) is 1. The van der Waals surface area contributed by atoms with Gasteiger partial charge >= 0.3 is 5.97 Å². The van der Waals surface area contributed by atoms with Crippen LogP contribution in [0.5, 0.6) is 0 Å². The van der Waals surface area contributed by atoms with Crippen LogP contribution in [0.4, 0.5) is 5.69 Å². The highest BCUT2D eigenvalue weighted by molar-refractivity contribution is 7.18. The second kappa shape index (κ2) is 9.29. The van der Waals surface area contributed by atoms with Crippen LogP contribution in [-0.4, -0.2) is 28.9 Å². The number of esters is 1. The third-order valence-corrected chi connectivity index (χ3v) is 5.32. The summed E-state index contributed by atoms with van der Waals surface area (Å²) in [6.07, 6.45) is 0.560. The van der Waals surface area contributed by atoms with Gasteiger partial charge in [0.25, 0.3) is 5.91 Å². The average molecular weight is 411 g/mol. The Hall–Kier alpha value is -3.26. The van der Waals surface area contributed by atoms with Crippen molar-refractivity contribution in [1.29, 1.82) is 0 Å². The smallest absolute Gasteiger partial charge is 0.306 e. The van der Waals surface area contributed by atoms with Crippen LogP contribution in [0.15, 0.2) is 48.5 Å².